The third kappa shape index (κ3) is 1.48. The summed E-state index contributed by atoms with van der Waals surface area (Å²) in [7, 11) is 1.57. The van der Waals surface area contributed by atoms with Crippen molar-refractivity contribution >= 4 is 16.8 Å². The molecule has 1 aromatic rings. The summed E-state index contributed by atoms with van der Waals surface area (Å²) in [6.45, 7) is 0. The van der Waals surface area contributed by atoms with Gasteiger partial charge < -0.3 is 14.9 Å². The molecule has 0 radical (unpaired) electrons. The summed E-state index contributed by atoms with van der Waals surface area (Å²) in [5.41, 5.74) is 7.15. The first kappa shape index (κ1) is 10.6. The van der Waals surface area contributed by atoms with Crippen LogP contribution in [-0.4, -0.2) is 12.1 Å². The molecular weight excluding hydrogens is 232 g/mol. The minimum Gasteiger partial charge on any atom is -0.494 e. The fraction of sp³-hybridized carbons (Fsp3) is 0.0769. The van der Waals surface area contributed by atoms with Crippen LogP contribution in [0.2, 0.25) is 0 Å². The van der Waals surface area contributed by atoms with E-state index in [-0.39, 0.29) is 11.1 Å². The lowest BCUT2D eigenvalue weighted by molar-refractivity contribution is 0.418. The van der Waals surface area contributed by atoms with Gasteiger partial charge in [0, 0.05) is 6.07 Å². The number of aromatic nitrogens is 1. The molecule has 90 valence electrons. The molecule has 0 fully saturated rings. The SMILES string of the molecule is COc1cccc2oc3cc(=O)c(N)cc-3nc12. The number of nitrogen functional groups attached to an aromatic ring is 1. The van der Waals surface area contributed by atoms with Crippen LogP contribution in [0.4, 0.5) is 5.69 Å². The fourth-order valence-corrected chi connectivity index (χ4v) is 1.83. The highest BCUT2D eigenvalue weighted by atomic mass is 16.5. The zero-order chi connectivity index (χ0) is 12.7. The second-order valence-corrected chi connectivity index (χ2v) is 3.88. The highest BCUT2D eigenvalue weighted by Crippen LogP contribution is 2.29. The van der Waals surface area contributed by atoms with Crippen LogP contribution in [0.25, 0.3) is 22.6 Å². The summed E-state index contributed by atoms with van der Waals surface area (Å²) in [4.78, 5) is 15.9. The first-order chi connectivity index (χ1) is 8.69. The van der Waals surface area contributed by atoms with Gasteiger partial charge in [-0.2, -0.15) is 0 Å². The Hall–Kier alpha value is -2.56. The Morgan fingerprint density at radius 1 is 1.33 bits per heavy atom. The van der Waals surface area contributed by atoms with E-state index in [0.29, 0.717) is 28.3 Å². The summed E-state index contributed by atoms with van der Waals surface area (Å²) >= 11 is 0. The van der Waals surface area contributed by atoms with Crippen molar-refractivity contribution < 1.29 is 9.15 Å². The van der Waals surface area contributed by atoms with Gasteiger partial charge in [-0.15, -0.1) is 0 Å². The van der Waals surface area contributed by atoms with Gasteiger partial charge in [0.15, 0.2) is 11.3 Å². The number of nitrogens with zero attached hydrogens (tertiary/aromatic N) is 1. The molecule has 2 N–H and O–H groups in total. The molecule has 0 unspecified atom stereocenters. The van der Waals surface area contributed by atoms with E-state index in [1.807, 2.05) is 0 Å². The Morgan fingerprint density at radius 2 is 2.17 bits per heavy atom. The molecule has 3 rings (SSSR count). The molecule has 0 bridgehead atoms. The molecule has 1 heterocycles. The Morgan fingerprint density at radius 3 is 2.94 bits per heavy atom. The summed E-state index contributed by atoms with van der Waals surface area (Å²) in [5, 5.41) is 0. The normalized spacial score (nSPS) is 10.9. The molecule has 0 saturated carbocycles. The number of fused-ring (bicyclic) bond motifs is 2. The van der Waals surface area contributed by atoms with Gasteiger partial charge in [-0.05, 0) is 18.2 Å². The van der Waals surface area contributed by atoms with Crippen molar-refractivity contribution in [3.8, 4) is 17.2 Å². The van der Waals surface area contributed by atoms with Crippen molar-refractivity contribution in [2.75, 3.05) is 12.8 Å². The van der Waals surface area contributed by atoms with Gasteiger partial charge in [-0.1, -0.05) is 6.07 Å². The molecule has 5 heteroatoms. The number of para-hydroxylation sites is 1. The maximum atomic E-state index is 11.5. The maximum Gasteiger partial charge on any atom is 0.205 e. The maximum absolute atomic E-state index is 11.5. The molecule has 0 aromatic heterocycles. The zero-order valence-electron chi connectivity index (χ0n) is 9.64. The van der Waals surface area contributed by atoms with Gasteiger partial charge >= 0.3 is 0 Å². The van der Waals surface area contributed by atoms with Crippen molar-refractivity contribution in [2.24, 2.45) is 0 Å². The highest BCUT2D eigenvalue weighted by molar-refractivity contribution is 5.82. The molecule has 0 atom stereocenters. The van der Waals surface area contributed by atoms with E-state index < -0.39 is 0 Å². The van der Waals surface area contributed by atoms with E-state index >= 15 is 0 Å². The summed E-state index contributed by atoms with van der Waals surface area (Å²) in [6.07, 6.45) is 0. The lowest BCUT2D eigenvalue weighted by Gasteiger charge is -2.08. The number of rotatable bonds is 1. The lowest BCUT2D eigenvalue weighted by atomic mass is 10.2. The minimum absolute atomic E-state index is 0.152. The zero-order valence-corrected chi connectivity index (χ0v) is 9.64. The number of anilines is 1. The Kier molecular flexibility index (Phi) is 2.19. The van der Waals surface area contributed by atoms with E-state index in [4.69, 9.17) is 14.9 Å². The average Bonchev–Trinajstić information content (AvgIpc) is 2.37. The Bertz CT molecular complexity index is 764. The molecule has 0 amide bonds. The molecule has 5 nitrogen and oxygen atoms in total. The van der Waals surface area contributed by atoms with Gasteiger partial charge in [-0.3, -0.25) is 4.79 Å². The van der Waals surface area contributed by atoms with Gasteiger partial charge in [0.2, 0.25) is 5.43 Å². The Balaban J connectivity index is 2.45. The lowest BCUT2D eigenvalue weighted by Crippen LogP contribution is -2.08. The molecule has 0 spiro atoms. The van der Waals surface area contributed by atoms with Crippen LogP contribution in [0.5, 0.6) is 5.75 Å². The molecule has 1 aliphatic carbocycles. The quantitative estimate of drug-likeness (QED) is 0.520. The van der Waals surface area contributed by atoms with E-state index in [1.54, 1.807) is 25.3 Å². The van der Waals surface area contributed by atoms with Crippen LogP contribution in [-0.2, 0) is 0 Å². The van der Waals surface area contributed by atoms with Gasteiger partial charge in [0.1, 0.15) is 17.0 Å². The van der Waals surface area contributed by atoms with Crippen LogP contribution in [0.15, 0.2) is 39.5 Å². The summed E-state index contributed by atoms with van der Waals surface area (Å²) in [5.74, 6) is 1.03. The van der Waals surface area contributed by atoms with Crippen molar-refractivity contribution in [3.05, 3.63) is 40.6 Å². The van der Waals surface area contributed by atoms with Crippen molar-refractivity contribution in [1.82, 2.24) is 4.98 Å². The first-order valence-electron chi connectivity index (χ1n) is 5.36. The monoisotopic (exact) mass is 242 g/mol. The third-order valence-electron chi connectivity index (χ3n) is 2.73. The van der Waals surface area contributed by atoms with E-state index in [0.717, 1.165) is 0 Å². The molecule has 1 aliphatic heterocycles. The summed E-state index contributed by atoms with van der Waals surface area (Å²) in [6, 6.07) is 8.21. The third-order valence-corrected chi connectivity index (χ3v) is 2.73. The number of nitrogens with two attached hydrogens (primary N) is 1. The second-order valence-electron chi connectivity index (χ2n) is 3.88. The largest absolute Gasteiger partial charge is 0.494 e. The number of hydrogen-bond acceptors (Lipinski definition) is 5. The van der Waals surface area contributed by atoms with E-state index in [1.165, 1.54) is 12.1 Å². The predicted octanol–water partition coefficient (Wildman–Crippen LogP) is 1.88. The number of benzene rings is 2. The minimum atomic E-state index is -0.268. The highest BCUT2D eigenvalue weighted by Gasteiger charge is 2.13. The number of hydrogen-bond donors (Lipinski definition) is 1. The predicted molar refractivity (Wildman–Crippen MR) is 67.9 cm³/mol. The second kappa shape index (κ2) is 3.73. The smallest absolute Gasteiger partial charge is 0.205 e. The van der Waals surface area contributed by atoms with Gasteiger partial charge in [0.25, 0.3) is 0 Å². The van der Waals surface area contributed by atoms with Crippen LogP contribution in [0, 0.1) is 0 Å². The Labute approximate surface area is 102 Å². The van der Waals surface area contributed by atoms with Crippen molar-refractivity contribution in [3.63, 3.8) is 0 Å². The topological polar surface area (TPSA) is 78.3 Å². The van der Waals surface area contributed by atoms with Gasteiger partial charge in [0.05, 0.1) is 12.8 Å². The number of ether oxygens (including phenoxy) is 1. The summed E-state index contributed by atoms with van der Waals surface area (Å²) < 4.78 is 10.8. The molecular formula is C13H10N2O3. The van der Waals surface area contributed by atoms with E-state index in [9.17, 15) is 4.79 Å². The molecule has 18 heavy (non-hydrogen) atoms. The molecule has 1 aromatic carbocycles. The van der Waals surface area contributed by atoms with Crippen LogP contribution >= 0.6 is 0 Å². The molecule has 2 aliphatic rings. The number of methoxy groups -OCH3 is 1. The fourth-order valence-electron chi connectivity index (χ4n) is 1.83. The average molecular weight is 242 g/mol. The van der Waals surface area contributed by atoms with Gasteiger partial charge in [-0.25, -0.2) is 4.98 Å². The van der Waals surface area contributed by atoms with Crippen LogP contribution in [0.1, 0.15) is 0 Å². The first-order valence-corrected chi connectivity index (χ1v) is 5.36. The molecule has 0 saturated heterocycles. The van der Waals surface area contributed by atoms with Crippen LogP contribution < -0.4 is 15.9 Å². The standard InChI is InChI=1S/C13H10N2O3/c1-17-10-3-2-4-11-13(10)15-8-5-7(14)9(16)6-12(8)18-11/h2-6H,14H2,1H3. The van der Waals surface area contributed by atoms with Crippen LogP contribution in [0.3, 0.4) is 0 Å². The van der Waals surface area contributed by atoms with Crippen molar-refractivity contribution in [2.45, 2.75) is 0 Å². The van der Waals surface area contributed by atoms with E-state index in [2.05, 4.69) is 4.98 Å². The van der Waals surface area contributed by atoms with Crippen molar-refractivity contribution in [1.29, 1.82) is 0 Å².